The summed E-state index contributed by atoms with van der Waals surface area (Å²) in [7, 11) is 1.65. The van der Waals surface area contributed by atoms with Gasteiger partial charge < -0.3 is 10.1 Å². The quantitative estimate of drug-likeness (QED) is 0.227. The van der Waals surface area contributed by atoms with E-state index in [0.717, 1.165) is 40.2 Å². The summed E-state index contributed by atoms with van der Waals surface area (Å²) >= 11 is 0. The van der Waals surface area contributed by atoms with E-state index in [-0.39, 0.29) is 11.8 Å². The summed E-state index contributed by atoms with van der Waals surface area (Å²) in [6.07, 6.45) is 0.781. The third-order valence-electron chi connectivity index (χ3n) is 7.03. The lowest BCUT2D eigenvalue weighted by Crippen LogP contribution is -2.28. The fraction of sp³-hybridized carbons (Fsp3) is 0.176. The second-order valence-electron chi connectivity index (χ2n) is 9.76. The van der Waals surface area contributed by atoms with E-state index in [0.29, 0.717) is 12.2 Å². The van der Waals surface area contributed by atoms with Gasteiger partial charge in [0.2, 0.25) is 0 Å². The Hall–Kier alpha value is -4.64. The number of aryl methyl sites for hydroxylation is 2. The Balaban J connectivity index is 1.42. The summed E-state index contributed by atoms with van der Waals surface area (Å²) in [5, 5.41) is 8.04. The first-order valence-electron chi connectivity index (χ1n) is 13.2. The molecule has 1 heterocycles. The molecule has 0 saturated heterocycles. The molecule has 0 bridgehead atoms. The Morgan fingerprint density at radius 3 is 2.08 bits per heavy atom. The van der Waals surface area contributed by atoms with Crippen molar-refractivity contribution < 1.29 is 9.53 Å². The lowest BCUT2D eigenvalue weighted by Gasteiger charge is -2.18. The fourth-order valence-corrected chi connectivity index (χ4v) is 4.99. The van der Waals surface area contributed by atoms with Crippen molar-refractivity contribution >= 4 is 5.91 Å². The molecule has 1 amide bonds. The number of hydrogen-bond donors (Lipinski definition) is 1. The molecule has 0 saturated carbocycles. The van der Waals surface area contributed by atoms with Gasteiger partial charge in [0.25, 0.3) is 5.91 Å². The summed E-state index contributed by atoms with van der Waals surface area (Å²) in [4.78, 5) is 13.6. The summed E-state index contributed by atoms with van der Waals surface area (Å²) in [5.41, 5.74) is 7.73. The van der Waals surface area contributed by atoms with Crippen molar-refractivity contribution in [2.24, 2.45) is 0 Å². The Morgan fingerprint density at radius 2 is 1.49 bits per heavy atom. The highest BCUT2D eigenvalue weighted by molar-refractivity contribution is 5.94. The highest BCUT2D eigenvalue weighted by atomic mass is 16.5. The van der Waals surface area contributed by atoms with Crippen LogP contribution in [0.2, 0.25) is 0 Å². The van der Waals surface area contributed by atoms with Crippen LogP contribution >= 0.6 is 0 Å². The van der Waals surface area contributed by atoms with Crippen molar-refractivity contribution in [2.45, 2.75) is 26.2 Å². The van der Waals surface area contributed by atoms with Gasteiger partial charge in [-0.05, 0) is 73.4 Å². The van der Waals surface area contributed by atoms with Crippen LogP contribution in [0.15, 0.2) is 109 Å². The van der Waals surface area contributed by atoms with Gasteiger partial charge in [0, 0.05) is 18.0 Å². The number of carbonyl (C=O) groups excluding carboxylic acids is 1. The molecule has 0 aliphatic carbocycles. The molecule has 5 heteroatoms. The summed E-state index contributed by atoms with van der Waals surface area (Å²) in [5.74, 6) is 0.811. The predicted molar refractivity (Wildman–Crippen MR) is 157 cm³/mol. The van der Waals surface area contributed by atoms with Crippen LogP contribution in [-0.2, 0) is 0 Å². The third kappa shape index (κ3) is 5.93. The van der Waals surface area contributed by atoms with Gasteiger partial charge in [-0.3, -0.25) is 4.79 Å². The molecule has 1 N–H and O–H groups in total. The molecule has 196 valence electrons. The summed E-state index contributed by atoms with van der Waals surface area (Å²) < 4.78 is 7.07. The van der Waals surface area contributed by atoms with Crippen LogP contribution < -0.4 is 10.1 Å². The first kappa shape index (κ1) is 26.0. The molecule has 4 aromatic carbocycles. The number of benzene rings is 4. The Morgan fingerprint density at radius 1 is 0.846 bits per heavy atom. The minimum absolute atomic E-state index is 0.151. The van der Waals surface area contributed by atoms with Crippen LogP contribution in [0.3, 0.4) is 0 Å². The maximum Gasteiger partial charge on any atom is 0.270 e. The number of hydrogen-bond acceptors (Lipinski definition) is 3. The Kier molecular flexibility index (Phi) is 7.88. The molecule has 1 aromatic heterocycles. The molecule has 0 aliphatic rings. The number of carbonyl (C=O) groups is 1. The highest BCUT2D eigenvalue weighted by Gasteiger charge is 2.20. The second kappa shape index (κ2) is 11.8. The molecule has 0 unspecified atom stereocenters. The minimum Gasteiger partial charge on any atom is -0.497 e. The number of aromatic nitrogens is 2. The van der Waals surface area contributed by atoms with E-state index in [1.807, 2.05) is 61.5 Å². The molecule has 0 aliphatic heterocycles. The number of ether oxygens (including phenoxy) is 1. The topological polar surface area (TPSA) is 56.1 Å². The molecular weight excluding hydrogens is 482 g/mol. The van der Waals surface area contributed by atoms with E-state index >= 15 is 0 Å². The Labute approximate surface area is 230 Å². The lowest BCUT2D eigenvalue weighted by molar-refractivity contribution is 0.0945. The largest absolute Gasteiger partial charge is 0.497 e. The van der Waals surface area contributed by atoms with E-state index in [2.05, 4.69) is 66.8 Å². The normalized spacial score (nSPS) is 11.0. The van der Waals surface area contributed by atoms with Crippen LogP contribution in [-0.4, -0.2) is 29.3 Å². The van der Waals surface area contributed by atoms with Crippen LogP contribution in [0.4, 0.5) is 0 Å². The van der Waals surface area contributed by atoms with Crippen molar-refractivity contribution in [3.8, 4) is 22.7 Å². The van der Waals surface area contributed by atoms with Crippen molar-refractivity contribution in [1.82, 2.24) is 15.1 Å². The van der Waals surface area contributed by atoms with Crippen LogP contribution in [0.25, 0.3) is 16.9 Å². The summed E-state index contributed by atoms with van der Waals surface area (Å²) in [6, 6.07) is 36.7. The van der Waals surface area contributed by atoms with Gasteiger partial charge in [-0.15, -0.1) is 0 Å². The number of nitrogens with zero attached hydrogens (tertiary/aromatic N) is 2. The van der Waals surface area contributed by atoms with Gasteiger partial charge in [0.1, 0.15) is 11.4 Å². The second-order valence-corrected chi connectivity index (χ2v) is 9.76. The zero-order valence-electron chi connectivity index (χ0n) is 22.6. The number of nitrogens with one attached hydrogen (secondary N) is 1. The van der Waals surface area contributed by atoms with Crippen LogP contribution in [0.5, 0.6) is 5.75 Å². The van der Waals surface area contributed by atoms with Gasteiger partial charge in [0.05, 0.1) is 18.5 Å². The first-order chi connectivity index (χ1) is 19.0. The van der Waals surface area contributed by atoms with Crippen LogP contribution in [0, 0.1) is 13.8 Å². The van der Waals surface area contributed by atoms with E-state index in [1.54, 1.807) is 11.8 Å². The molecule has 5 aromatic rings. The van der Waals surface area contributed by atoms with Crippen LogP contribution in [0.1, 0.15) is 45.1 Å². The molecule has 0 atom stereocenters. The maximum absolute atomic E-state index is 13.6. The smallest absolute Gasteiger partial charge is 0.270 e. The lowest BCUT2D eigenvalue weighted by atomic mass is 9.88. The van der Waals surface area contributed by atoms with Gasteiger partial charge in [-0.1, -0.05) is 78.4 Å². The average Bonchev–Trinajstić information content (AvgIpc) is 3.41. The zero-order chi connectivity index (χ0) is 27.2. The number of rotatable bonds is 9. The van der Waals surface area contributed by atoms with Crippen molar-refractivity contribution in [1.29, 1.82) is 0 Å². The minimum atomic E-state index is -0.151. The van der Waals surface area contributed by atoms with Crippen molar-refractivity contribution in [3.05, 3.63) is 137 Å². The number of amides is 1. The van der Waals surface area contributed by atoms with Gasteiger partial charge in [-0.25, -0.2) is 4.68 Å². The van der Waals surface area contributed by atoms with Gasteiger partial charge in [0.15, 0.2) is 0 Å². The van der Waals surface area contributed by atoms with Crippen molar-refractivity contribution in [3.63, 3.8) is 0 Å². The Bertz CT molecular complexity index is 1500. The first-order valence-corrected chi connectivity index (χ1v) is 13.2. The molecule has 5 rings (SSSR count). The predicted octanol–water partition coefficient (Wildman–Crippen LogP) is 7.12. The van der Waals surface area contributed by atoms with E-state index < -0.39 is 0 Å². The molecule has 39 heavy (non-hydrogen) atoms. The average molecular weight is 516 g/mol. The SMILES string of the molecule is COc1ccc(-c2cc(C(=O)NCCC(c3ccccc3)c3ccccc3)n(-c3ccc(C)cc3C)n2)cc1. The maximum atomic E-state index is 13.6. The summed E-state index contributed by atoms with van der Waals surface area (Å²) in [6.45, 7) is 4.64. The van der Waals surface area contributed by atoms with E-state index in [4.69, 9.17) is 9.84 Å². The highest BCUT2D eigenvalue weighted by Crippen LogP contribution is 2.28. The van der Waals surface area contributed by atoms with E-state index in [1.165, 1.54) is 11.1 Å². The van der Waals surface area contributed by atoms with E-state index in [9.17, 15) is 4.79 Å². The fourth-order valence-electron chi connectivity index (χ4n) is 4.99. The monoisotopic (exact) mass is 515 g/mol. The zero-order valence-corrected chi connectivity index (χ0v) is 22.6. The van der Waals surface area contributed by atoms with Gasteiger partial charge >= 0.3 is 0 Å². The molecular formula is C34H33N3O2. The standard InChI is InChI=1S/C34H33N3O2/c1-24-14-19-32(25(2)22-24)37-33(23-31(36-37)28-15-17-29(39-3)18-16-28)34(38)35-21-20-30(26-10-6-4-7-11-26)27-12-8-5-9-13-27/h4-19,22-23,30H,20-21H2,1-3H3,(H,35,38). The molecule has 5 nitrogen and oxygen atoms in total. The molecule has 0 fully saturated rings. The molecule has 0 radical (unpaired) electrons. The third-order valence-corrected chi connectivity index (χ3v) is 7.03. The molecule has 0 spiro atoms. The number of methoxy groups -OCH3 is 1. The van der Waals surface area contributed by atoms with Gasteiger partial charge in [-0.2, -0.15) is 5.10 Å². The van der Waals surface area contributed by atoms with Crippen molar-refractivity contribution in [2.75, 3.05) is 13.7 Å².